The number of carbonyl (C=O) groups excluding carboxylic acids is 4. The summed E-state index contributed by atoms with van der Waals surface area (Å²) in [5.41, 5.74) is 0. The minimum atomic E-state index is -4.96. The summed E-state index contributed by atoms with van der Waals surface area (Å²) in [5, 5.41) is 10.6. The third kappa shape index (κ3) is 67.3. The van der Waals surface area contributed by atoms with Crippen molar-refractivity contribution in [1.82, 2.24) is 0 Å². The summed E-state index contributed by atoms with van der Waals surface area (Å²) >= 11 is 0. The van der Waals surface area contributed by atoms with E-state index in [1.807, 2.05) is 0 Å². The van der Waals surface area contributed by atoms with Gasteiger partial charge in [0.15, 0.2) is 12.2 Å². The van der Waals surface area contributed by atoms with Crippen LogP contribution in [0.15, 0.2) is 0 Å². The maximum Gasteiger partial charge on any atom is 0.472 e. The average Bonchev–Trinajstić information content (AvgIpc) is 1.49. The molecule has 3 N–H and O–H groups in total. The van der Waals surface area contributed by atoms with Crippen LogP contribution in [-0.4, -0.2) is 96.7 Å². The molecule has 0 bridgehead atoms. The first-order valence-corrected chi connectivity index (χ1v) is 41.7. The van der Waals surface area contributed by atoms with Gasteiger partial charge in [-0.2, -0.15) is 0 Å². The molecular formula is C75H146O17P2. The minimum Gasteiger partial charge on any atom is -0.462 e. The van der Waals surface area contributed by atoms with E-state index in [0.29, 0.717) is 31.6 Å². The molecule has 0 aliphatic carbocycles. The molecule has 0 saturated carbocycles. The first-order chi connectivity index (χ1) is 45.1. The lowest BCUT2D eigenvalue weighted by atomic mass is 9.99. The van der Waals surface area contributed by atoms with Crippen LogP contribution in [0.25, 0.3) is 0 Å². The zero-order chi connectivity index (χ0) is 69.6. The summed E-state index contributed by atoms with van der Waals surface area (Å²) in [4.78, 5) is 72.6. The van der Waals surface area contributed by atoms with Crippen molar-refractivity contribution in [1.29, 1.82) is 0 Å². The minimum absolute atomic E-state index is 0.103. The quantitative estimate of drug-likeness (QED) is 0.0222. The number of aliphatic hydroxyl groups excluding tert-OH is 1. The zero-order valence-corrected chi connectivity index (χ0v) is 63.4. The molecule has 558 valence electrons. The number of phosphoric acid groups is 2. The van der Waals surface area contributed by atoms with Crippen LogP contribution < -0.4 is 0 Å². The predicted octanol–water partition coefficient (Wildman–Crippen LogP) is 21.7. The Morgan fingerprint density at radius 3 is 0.755 bits per heavy atom. The summed E-state index contributed by atoms with van der Waals surface area (Å²) in [5.74, 6) is 0.880. The molecule has 0 radical (unpaired) electrons. The van der Waals surface area contributed by atoms with E-state index in [1.165, 1.54) is 173 Å². The SMILES string of the molecule is CCC(C)CCCCCCCCCCCCCCCCCCCCC(=O)OC[C@H](COP(=O)(O)OC[C@@H](O)COP(=O)(O)OC[C@@H](COC(=O)CCCCCCCCC(C)C)OC(=O)CCCCCCCCCCC(C)C)OC(=O)CCCCCCCCCCCC(C)C. The van der Waals surface area contributed by atoms with Gasteiger partial charge in [0, 0.05) is 25.7 Å². The molecule has 6 atom stereocenters. The highest BCUT2D eigenvalue weighted by Gasteiger charge is 2.30. The lowest BCUT2D eigenvalue weighted by molar-refractivity contribution is -0.161. The first-order valence-electron chi connectivity index (χ1n) is 38.7. The van der Waals surface area contributed by atoms with E-state index in [1.54, 1.807) is 0 Å². The highest BCUT2D eigenvalue weighted by Crippen LogP contribution is 2.45. The molecule has 0 aliphatic heterocycles. The number of ether oxygens (including phenoxy) is 4. The van der Waals surface area contributed by atoms with Gasteiger partial charge in [-0.05, 0) is 49.4 Å². The highest BCUT2D eigenvalue weighted by atomic mass is 31.2. The van der Waals surface area contributed by atoms with Gasteiger partial charge in [-0.1, -0.05) is 325 Å². The second kappa shape index (κ2) is 64.4. The van der Waals surface area contributed by atoms with E-state index in [-0.39, 0.29) is 25.7 Å². The first kappa shape index (κ1) is 92.1. The van der Waals surface area contributed by atoms with Gasteiger partial charge >= 0.3 is 39.5 Å². The van der Waals surface area contributed by atoms with Crippen molar-refractivity contribution in [3.63, 3.8) is 0 Å². The molecule has 0 rings (SSSR count). The molecule has 0 aromatic carbocycles. The van der Waals surface area contributed by atoms with E-state index >= 15 is 0 Å². The number of esters is 4. The van der Waals surface area contributed by atoms with Crippen molar-refractivity contribution in [3.8, 4) is 0 Å². The van der Waals surface area contributed by atoms with Crippen LogP contribution in [0.1, 0.15) is 376 Å². The summed E-state index contributed by atoms with van der Waals surface area (Å²) in [6, 6.07) is 0. The third-order valence-electron chi connectivity index (χ3n) is 17.7. The fourth-order valence-electron chi connectivity index (χ4n) is 11.3. The van der Waals surface area contributed by atoms with Crippen LogP contribution in [0.5, 0.6) is 0 Å². The predicted molar refractivity (Wildman–Crippen MR) is 381 cm³/mol. The molecule has 17 nitrogen and oxygen atoms in total. The number of hydrogen-bond acceptors (Lipinski definition) is 15. The van der Waals surface area contributed by atoms with Gasteiger partial charge in [-0.15, -0.1) is 0 Å². The van der Waals surface area contributed by atoms with Gasteiger partial charge in [0.25, 0.3) is 0 Å². The van der Waals surface area contributed by atoms with Gasteiger partial charge in [0.2, 0.25) is 0 Å². The van der Waals surface area contributed by atoms with Crippen LogP contribution >= 0.6 is 15.6 Å². The maximum atomic E-state index is 13.1. The fourth-order valence-corrected chi connectivity index (χ4v) is 12.9. The molecule has 94 heavy (non-hydrogen) atoms. The lowest BCUT2D eigenvalue weighted by Crippen LogP contribution is -2.30. The molecule has 0 aromatic rings. The zero-order valence-electron chi connectivity index (χ0n) is 61.6. The van der Waals surface area contributed by atoms with Crippen molar-refractivity contribution in [2.75, 3.05) is 39.6 Å². The Bertz CT molecular complexity index is 1850. The Labute approximate surface area is 575 Å². The summed E-state index contributed by atoms with van der Waals surface area (Å²) in [6.45, 7) is 14.1. The molecule has 0 amide bonds. The Kier molecular flexibility index (Phi) is 63.1. The van der Waals surface area contributed by atoms with Crippen molar-refractivity contribution in [3.05, 3.63) is 0 Å². The van der Waals surface area contributed by atoms with Gasteiger partial charge in [-0.3, -0.25) is 37.3 Å². The van der Waals surface area contributed by atoms with Crippen LogP contribution in [-0.2, 0) is 65.4 Å². The summed E-state index contributed by atoms with van der Waals surface area (Å²) in [7, 11) is -9.91. The molecular weight excluding hydrogens is 1230 g/mol. The van der Waals surface area contributed by atoms with E-state index in [0.717, 1.165) is 114 Å². The average molecular weight is 1380 g/mol. The van der Waals surface area contributed by atoms with Gasteiger partial charge in [-0.25, -0.2) is 9.13 Å². The van der Waals surface area contributed by atoms with E-state index < -0.39 is 97.5 Å². The Hall–Kier alpha value is -1.94. The fraction of sp³-hybridized carbons (Fsp3) is 0.947. The Morgan fingerprint density at radius 2 is 0.511 bits per heavy atom. The maximum absolute atomic E-state index is 13.1. The Balaban J connectivity index is 5.14. The van der Waals surface area contributed by atoms with Crippen LogP contribution in [0, 0.1) is 23.7 Å². The number of phosphoric ester groups is 2. The lowest BCUT2D eigenvalue weighted by Gasteiger charge is -2.21. The second-order valence-electron chi connectivity index (χ2n) is 28.7. The molecule has 0 spiro atoms. The molecule has 0 heterocycles. The normalized spacial score (nSPS) is 14.4. The van der Waals surface area contributed by atoms with Crippen molar-refractivity contribution < 1.29 is 80.2 Å². The Morgan fingerprint density at radius 1 is 0.298 bits per heavy atom. The molecule has 3 unspecified atom stereocenters. The number of carbonyl (C=O) groups is 4. The number of unbranched alkanes of at least 4 members (excludes halogenated alkanes) is 37. The standard InChI is InChI=1S/C75H146O17P2/c1-9-68(8)54-46-38-29-22-18-16-14-12-10-11-13-15-17-19-23-30-39-47-55-72(77)85-61-70(91-74(79)57-49-41-31-24-20-21-27-35-43-51-65(2)3)63-89-93(81,82)87-59-69(76)60-88-94(83,84)90-64-71(62-86-73(78)56-48-40-34-33-37-45-53-67(6)7)92-75(80)58-50-42-32-26-25-28-36-44-52-66(4)5/h65-71,76H,9-64H2,1-8H3,(H,81,82)(H,83,84)/t68?,69-,70-,71-/m1/s1. The van der Waals surface area contributed by atoms with Gasteiger partial charge in [0.1, 0.15) is 19.3 Å². The number of rotatable bonds is 72. The van der Waals surface area contributed by atoms with E-state index in [4.69, 9.17) is 37.0 Å². The van der Waals surface area contributed by atoms with Gasteiger partial charge in [0.05, 0.1) is 26.4 Å². The van der Waals surface area contributed by atoms with Crippen LogP contribution in [0.4, 0.5) is 0 Å². The van der Waals surface area contributed by atoms with Crippen molar-refractivity contribution in [2.45, 2.75) is 395 Å². The van der Waals surface area contributed by atoms with Gasteiger partial charge < -0.3 is 33.8 Å². The molecule has 0 saturated heterocycles. The molecule has 19 heteroatoms. The topological polar surface area (TPSA) is 237 Å². The second-order valence-corrected chi connectivity index (χ2v) is 31.6. The summed E-state index contributed by atoms with van der Waals surface area (Å²) < 4.78 is 68.4. The summed E-state index contributed by atoms with van der Waals surface area (Å²) in [6.07, 6.45) is 49.0. The molecule has 0 fully saturated rings. The van der Waals surface area contributed by atoms with Crippen molar-refractivity contribution in [2.24, 2.45) is 23.7 Å². The highest BCUT2D eigenvalue weighted by molar-refractivity contribution is 7.47. The number of hydrogen-bond donors (Lipinski definition) is 3. The van der Waals surface area contributed by atoms with Crippen LogP contribution in [0.3, 0.4) is 0 Å². The third-order valence-corrected chi connectivity index (χ3v) is 19.6. The molecule has 0 aliphatic rings. The van der Waals surface area contributed by atoms with Crippen molar-refractivity contribution >= 4 is 39.5 Å². The largest absolute Gasteiger partial charge is 0.472 e. The van der Waals surface area contributed by atoms with E-state index in [9.17, 15) is 43.2 Å². The molecule has 0 aromatic heterocycles. The van der Waals surface area contributed by atoms with Crippen LogP contribution in [0.2, 0.25) is 0 Å². The smallest absolute Gasteiger partial charge is 0.462 e. The monoisotopic (exact) mass is 1380 g/mol. The number of aliphatic hydroxyl groups is 1. The van der Waals surface area contributed by atoms with E-state index in [2.05, 4.69) is 55.4 Å².